The van der Waals surface area contributed by atoms with Gasteiger partial charge in [0.05, 0.1) is 16.6 Å². The molecular weight excluding hydrogens is 331 g/mol. The number of sulfonamides is 1. The van der Waals surface area contributed by atoms with Gasteiger partial charge in [0.1, 0.15) is 11.4 Å². The maximum Gasteiger partial charge on any atom is 0.322 e. The first kappa shape index (κ1) is 16.7. The standard InChI is InChI=1S/C10H10Cl2N2O5S/c11-6-2-1-3-7(12)10(6)20(18,19)14-4-8(15)13-5-9(16)17/h1-3,14H,4-5H2,(H,13,15)(H,16,17). The molecule has 3 N–H and O–H groups in total. The first-order valence-electron chi connectivity index (χ1n) is 5.16. The Kier molecular flexibility index (Phi) is 5.75. The molecule has 0 saturated carbocycles. The first-order valence-corrected chi connectivity index (χ1v) is 7.40. The van der Waals surface area contributed by atoms with Crippen LogP contribution in [0, 0.1) is 0 Å². The van der Waals surface area contributed by atoms with E-state index in [1.165, 1.54) is 18.2 Å². The lowest BCUT2D eigenvalue weighted by molar-refractivity contribution is -0.137. The summed E-state index contributed by atoms with van der Waals surface area (Å²) < 4.78 is 25.9. The molecule has 0 heterocycles. The third-order valence-corrected chi connectivity index (χ3v) is 4.40. The van der Waals surface area contributed by atoms with Gasteiger partial charge in [-0.05, 0) is 12.1 Å². The molecule has 1 rings (SSSR count). The van der Waals surface area contributed by atoms with Crippen LogP contribution in [0.15, 0.2) is 23.1 Å². The summed E-state index contributed by atoms with van der Waals surface area (Å²) in [6, 6.07) is 4.16. The fourth-order valence-electron chi connectivity index (χ4n) is 1.21. The topological polar surface area (TPSA) is 113 Å². The van der Waals surface area contributed by atoms with Crippen LogP contribution in [0.2, 0.25) is 10.0 Å². The third kappa shape index (κ3) is 4.64. The molecule has 1 amide bonds. The summed E-state index contributed by atoms with van der Waals surface area (Å²) in [4.78, 5) is 21.1. The molecule has 0 unspecified atom stereocenters. The van der Waals surface area contributed by atoms with Crippen LogP contribution in [0.4, 0.5) is 0 Å². The van der Waals surface area contributed by atoms with Gasteiger partial charge in [-0.15, -0.1) is 0 Å². The molecule has 0 radical (unpaired) electrons. The Labute approximate surface area is 124 Å². The minimum Gasteiger partial charge on any atom is -0.480 e. The number of benzene rings is 1. The van der Waals surface area contributed by atoms with Crippen LogP contribution >= 0.6 is 23.2 Å². The molecule has 0 aromatic heterocycles. The molecule has 0 aliphatic carbocycles. The average Bonchev–Trinajstić information content (AvgIpc) is 2.33. The lowest BCUT2D eigenvalue weighted by Crippen LogP contribution is -2.39. The van der Waals surface area contributed by atoms with Crippen molar-refractivity contribution in [3.8, 4) is 0 Å². The minimum atomic E-state index is -4.08. The molecule has 1 aromatic carbocycles. The van der Waals surface area contributed by atoms with Crippen molar-refractivity contribution >= 4 is 45.1 Å². The van der Waals surface area contributed by atoms with Crippen molar-refractivity contribution in [3.05, 3.63) is 28.2 Å². The SMILES string of the molecule is O=C(O)CNC(=O)CNS(=O)(=O)c1c(Cl)cccc1Cl. The van der Waals surface area contributed by atoms with E-state index in [-0.39, 0.29) is 14.9 Å². The molecule has 0 aliphatic heterocycles. The second kappa shape index (κ2) is 6.89. The molecule has 0 atom stereocenters. The number of hydrogen-bond acceptors (Lipinski definition) is 4. The van der Waals surface area contributed by atoms with E-state index in [2.05, 4.69) is 0 Å². The summed E-state index contributed by atoms with van der Waals surface area (Å²) in [5.74, 6) is -2.03. The molecule has 0 fully saturated rings. The molecule has 20 heavy (non-hydrogen) atoms. The summed E-state index contributed by atoms with van der Waals surface area (Å²) in [5.41, 5.74) is 0. The maximum absolute atomic E-state index is 11.9. The van der Waals surface area contributed by atoms with Crippen molar-refractivity contribution in [2.45, 2.75) is 4.90 Å². The number of carboxylic acid groups (broad SMARTS) is 1. The van der Waals surface area contributed by atoms with Crippen LogP contribution in [0.25, 0.3) is 0 Å². The van der Waals surface area contributed by atoms with Crippen molar-refractivity contribution in [3.63, 3.8) is 0 Å². The summed E-state index contributed by atoms with van der Waals surface area (Å²) >= 11 is 11.5. The molecular formula is C10H10Cl2N2O5S. The quantitative estimate of drug-likeness (QED) is 0.696. The van der Waals surface area contributed by atoms with E-state index in [1.54, 1.807) is 0 Å². The van der Waals surface area contributed by atoms with Crippen LogP contribution in [0.5, 0.6) is 0 Å². The highest BCUT2D eigenvalue weighted by Crippen LogP contribution is 2.28. The van der Waals surface area contributed by atoms with Gasteiger partial charge in [0.25, 0.3) is 0 Å². The number of rotatable bonds is 6. The van der Waals surface area contributed by atoms with Gasteiger partial charge in [-0.2, -0.15) is 0 Å². The Balaban J connectivity index is 2.76. The molecule has 0 bridgehead atoms. The number of halogens is 2. The predicted octanol–water partition coefficient (Wildman–Crippen LogP) is 0.473. The fraction of sp³-hybridized carbons (Fsp3) is 0.200. The van der Waals surface area contributed by atoms with Gasteiger partial charge in [-0.3, -0.25) is 9.59 Å². The number of aliphatic carboxylic acids is 1. The Morgan fingerprint density at radius 2 is 1.70 bits per heavy atom. The van der Waals surface area contributed by atoms with E-state index in [4.69, 9.17) is 28.3 Å². The van der Waals surface area contributed by atoms with E-state index in [1.807, 2.05) is 10.0 Å². The number of amides is 1. The zero-order valence-corrected chi connectivity index (χ0v) is 12.2. The highest BCUT2D eigenvalue weighted by molar-refractivity contribution is 7.89. The highest BCUT2D eigenvalue weighted by atomic mass is 35.5. The summed E-state index contributed by atoms with van der Waals surface area (Å²) in [7, 11) is -4.08. The van der Waals surface area contributed by atoms with E-state index in [0.29, 0.717) is 0 Å². The van der Waals surface area contributed by atoms with Crippen LogP contribution in [-0.4, -0.2) is 38.5 Å². The van der Waals surface area contributed by atoms with Gasteiger partial charge in [-0.1, -0.05) is 29.3 Å². The Bertz CT molecular complexity index is 612. The number of carbonyl (C=O) groups excluding carboxylic acids is 1. The van der Waals surface area contributed by atoms with Crippen LogP contribution in [0.1, 0.15) is 0 Å². The second-order valence-electron chi connectivity index (χ2n) is 3.55. The molecule has 0 spiro atoms. The Morgan fingerprint density at radius 3 is 2.20 bits per heavy atom. The Morgan fingerprint density at radius 1 is 1.15 bits per heavy atom. The largest absolute Gasteiger partial charge is 0.480 e. The van der Waals surface area contributed by atoms with E-state index in [9.17, 15) is 18.0 Å². The number of carbonyl (C=O) groups is 2. The van der Waals surface area contributed by atoms with Crippen molar-refractivity contribution in [2.24, 2.45) is 0 Å². The molecule has 0 saturated heterocycles. The normalized spacial score (nSPS) is 11.1. The average molecular weight is 341 g/mol. The van der Waals surface area contributed by atoms with Crippen LogP contribution < -0.4 is 10.0 Å². The lowest BCUT2D eigenvalue weighted by atomic mass is 10.4. The van der Waals surface area contributed by atoms with E-state index >= 15 is 0 Å². The van der Waals surface area contributed by atoms with Gasteiger partial charge < -0.3 is 10.4 Å². The molecule has 7 nitrogen and oxygen atoms in total. The fourth-order valence-corrected chi connectivity index (χ4v) is 3.33. The Hall–Kier alpha value is -1.35. The smallest absolute Gasteiger partial charge is 0.322 e. The number of hydrogen-bond donors (Lipinski definition) is 3. The minimum absolute atomic E-state index is 0.0871. The number of carboxylic acids is 1. The van der Waals surface area contributed by atoms with Gasteiger partial charge in [-0.25, -0.2) is 13.1 Å². The predicted molar refractivity (Wildman–Crippen MR) is 72.3 cm³/mol. The third-order valence-electron chi connectivity index (χ3n) is 2.05. The summed E-state index contributed by atoms with van der Waals surface area (Å²) in [6.07, 6.45) is 0. The van der Waals surface area contributed by atoms with Crippen molar-refractivity contribution < 1.29 is 23.1 Å². The van der Waals surface area contributed by atoms with Gasteiger partial charge in [0.15, 0.2) is 0 Å². The van der Waals surface area contributed by atoms with Crippen molar-refractivity contribution in [1.29, 1.82) is 0 Å². The van der Waals surface area contributed by atoms with E-state index < -0.39 is 35.0 Å². The van der Waals surface area contributed by atoms with Gasteiger partial charge in [0.2, 0.25) is 15.9 Å². The molecule has 10 heteroatoms. The highest BCUT2D eigenvalue weighted by Gasteiger charge is 2.22. The van der Waals surface area contributed by atoms with Crippen LogP contribution in [0.3, 0.4) is 0 Å². The van der Waals surface area contributed by atoms with Crippen molar-refractivity contribution in [1.82, 2.24) is 10.0 Å². The second-order valence-corrected chi connectivity index (χ2v) is 6.06. The molecule has 0 aliphatic rings. The van der Waals surface area contributed by atoms with Crippen LogP contribution in [-0.2, 0) is 19.6 Å². The molecule has 1 aromatic rings. The van der Waals surface area contributed by atoms with Crippen molar-refractivity contribution in [2.75, 3.05) is 13.1 Å². The first-order chi connectivity index (χ1) is 9.24. The summed E-state index contributed by atoms with van der Waals surface area (Å²) in [5, 5.41) is 10.2. The monoisotopic (exact) mass is 340 g/mol. The maximum atomic E-state index is 11.9. The van der Waals surface area contributed by atoms with E-state index in [0.717, 1.165) is 0 Å². The lowest BCUT2D eigenvalue weighted by Gasteiger charge is -2.09. The zero-order chi connectivity index (χ0) is 15.3. The zero-order valence-electron chi connectivity index (χ0n) is 9.89. The number of nitrogens with one attached hydrogen (secondary N) is 2. The summed E-state index contributed by atoms with van der Waals surface area (Å²) in [6.45, 7) is -1.23. The van der Waals surface area contributed by atoms with Gasteiger partial charge >= 0.3 is 5.97 Å². The van der Waals surface area contributed by atoms with Gasteiger partial charge in [0, 0.05) is 0 Å². The molecule has 110 valence electrons.